The predicted octanol–water partition coefficient (Wildman–Crippen LogP) is 3.75. The summed E-state index contributed by atoms with van der Waals surface area (Å²) in [5, 5.41) is 10.5. The fraction of sp³-hybridized carbons (Fsp3) is 0. The highest BCUT2D eigenvalue weighted by Gasteiger charge is 2.24. The van der Waals surface area contributed by atoms with Gasteiger partial charge >= 0.3 is 5.69 Å². The maximum Gasteiger partial charge on any atom is 0.305 e. The van der Waals surface area contributed by atoms with Gasteiger partial charge in [-0.2, -0.15) is 4.39 Å². The van der Waals surface area contributed by atoms with Gasteiger partial charge in [-0.3, -0.25) is 10.1 Å². The summed E-state index contributed by atoms with van der Waals surface area (Å²) < 4.78 is 27.8. The fourth-order valence-electron chi connectivity index (χ4n) is 1.35. The molecule has 0 bridgehead atoms. The molecule has 0 atom stereocenters. The van der Waals surface area contributed by atoms with Crippen molar-refractivity contribution in [3.8, 4) is 11.4 Å². The summed E-state index contributed by atoms with van der Waals surface area (Å²) >= 11 is 8.72. The van der Waals surface area contributed by atoms with E-state index in [0.29, 0.717) is 4.47 Å². The van der Waals surface area contributed by atoms with Gasteiger partial charge in [0.1, 0.15) is 11.0 Å². The first-order valence-electron chi connectivity index (χ1n) is 4.72. The van der Waals surface area contributed by atoms with Crippen LogP contribution in [0.4, 0.5) is 14.5 Å². The van der Waals surface area contributed by atoms with E-state index in [2.05, 4.69) is 25.9 Å². The molecular formula is C10H3BrClF2N3O2. The number of nitro groups is 1. The van der Waals surface area contributed by atoms with Crippen molar-refractivity contribution < 1.29 is 13.7 Å². The van der Waals surface area contributed by atoms with E-state index in [9.17, 15) is 18.9 Å². The molecule has 0 unspecified atom stereocenters. The predicted molar refractivity (Wildman–Crippen MR) is 66.7 cm³/mol. The Labute approximate surface area is 118 Å². The second kappa shape index (κ2) is 5.14. The summed E-state index contributed by atoms with van der Waals surface area (Å²) in [4.78, 5) is 17.0. The van der Waals surface area contributed by atoms with Crippen molar-refractivity contribution in [3.63, 3.8) is 0 Å². The number of nitro benzene ring substituents is 1. The number of hydrogen-bond donors (Lipinski definition) is 0. The smallest absolute Gasteiger partial charge is 0.258 e. The Balaban J connectivity index is 2.70. The molecule has 0 saturated carbocycles. The normalized spacial score (nSPS) is 10.5. The van der Waals surface area contributed by atoms with Gasteiger partial charge in [0.15, 0.2) is 5.82 Å². The van der Waals surface area contributed by atoms with Crippen LogP contribution in [0, 0.1) is 21.7 Å². The molecule has 1 aromatic heterocycles. The summed E-state index contributed by atoms with van der Waals surface area (Å²) in [6.45, 7) is 0. The van der Waals surface area contributed by atoms with E-state index in [1.807, 2.05) is 0 Å². The Morgan fingerprint density at radius 1 is 1.37 bits per heavy atom. The molecule has 0 aliphatic rings. The molecule has 0 spiro atoms. The van der Waals surface area contributed by atoms with Crippen molar-refractivity contribution in [2.75, 3.05) is 0 Å². The van der Waals surface area contributed by atoms with Crippen LogP contribution in [0.1, 0.15) is 0 Å². The zero-order valence-electron chi connectivity index (χ0n) is 8.90. The van der Waals surface area contributed by atoms with Crippen LogP contribution in [-0.2, 0) is 0 Å². The van der Waals surface area contributed by atoms with E-state index < -0.39 is 27.8 Å². The van der Waals surface area contributed by atoms with Gasteiger partial charge in [-0.1, -0.05) is 11.6 Å². The first kappa shape index (κ1) is 13.8. The Kier molecular flexibility index (Phi) is 3.72. The van der Waals surface area contributed by atoms with E-state index in [-0.39, 0.29) is 11.0 Å². The van der Waals surface area contributed by atoms with E-state index in [4.69, 9.17) is 11.6 Å². The van der Waals surface area contributed by atoms with E-state index in [1.165, 1.54) is 6.20 Å². The SMILES string of the molecule is O=[N+]([O-])c1ccc(F)c(-c2ncc(Br)c(Cl)n2)c1F. The Morgan fingerprint density at radius 3 is 2.63 bits per heavy atom. The molecule has 1 heterocycles. The number of benzene rings is 1. The van der Waals surface area contributed by atoms with Gasteiger partial charge in [0.2, 0.25) is 5.82 Å². The molecule has 2 rings (SSSR count). The second-order valence-electron chi connectivity index (χ2n) is 3.34. The highest BCUT2D eigenvalue weighted by molar-refractivity contribution is 9.10. The van der Waals surface area contributed by atoms with Crippen LogP contribution in [0.5, 0.6) is 0 Å². The van der Waals surface area contributed by atoms with Crippen LogP contribution in [0.2, 0.25) is 5.15 Å². The topological polar surface area (TPSA) is 68.9 Å². The van der Waals surface area contributed by atoms with Gasteiger partial charge in [0.05, 0.1) is 15.0 Å². The highest BCUT2D eigenvalue weighted by atomic mass is 79.9. The van der Waals surface area contributed by atoms with Crippen LogP contribution in [0.3, 0.4) is 0 Å². The fourth-order valence-corrected chi connectivity index (χ4v) is 1.67. The van der Waals surface area contributed by atoms with Crippen LogP contribution < -0.4 is 0 Å². The minimum atomic E-state index is -1.34. The first-order valence-corrected chi connectivity index (χ1v) is 5.89. The number of halogens is 4. The van der Waals surface area contributed by atoms with Crippen LogP contribution >= 0.6 is 27.5 Å². The zero-order chi connectivity index (χ0) is 14.2. The number of hydrogen-bond acceptors (Lipinski definition) is 4. The van der Waals surface area contributed by atoms with Crippen LogP contribution in [0.25, 0.3) is 11.4 Å². The summed E-state index contributed by atoms with van der Waals surface area (Å²) in [7, 11) is 0. The van der Waals surface area contributed by atoms with Crippen molar-refractivity contribution >= 4 is 33.2 Å². The number of rotatable bonds is 2. The van der Waals surface area contributed by atoms with Gasteiger partial charge in [0.25, 0.3) is 0 Å². The number of nitrogens with zero attached hydrogens (tertiary/aromatic N) is 3. The van der Waals surface area contributed by atoms with Crippen molar-refractivity contribution in [3.05, 3.63) is 49.7 Å². The van der Waals surface area contributed by atoms with Crippen molar-refractivity contribution in [2.24, 2.45) is 0 Å². The molecule has 0 aliphatic carbocycles. The Hall–Kier alpha value is -1.67. The highest BCUT2D eigenvalue weighted by Crippen LogP contribution is 2.31. The van der Waals surface area contributed by atoms with E-state index in [0.717, 1.165) is 12.1 Å². The number of aromatic nitrogens is 2. The van der Waals surface area contributed by atoms with Crippen molar-refractivity contribution in [1.82, 2.24) is 9.97 Å². The first-order chi connectivity index (χ1) is 8.91. The molecule has 9 heteroatoms. The molecule has 5 nitrogen and oxygen atoms in total. The van der Waals surface area contributed by atoms with Crippen LogP contribution in [-0.4, -0.2) is 14.9 Å². The molecule has 98 valence electrons. The largest absolute Gasteiger partial charge is 0.305 e. The summed E-state index contributed by atoms with van der Waals surface area (Å²) in [6.07, 6.45) is 1.20. The molecule has 0 aliphatic heterocycles. The molecule has 0 radical (unpaired) electrons. The minimum Gasteiger partial charge on any atom is -0.258 e. The zero-order valence-corrected chi connectivity index (χ0v) is 11.2. The molecule has 0 saturated heterocycles. The third-order valence-electron chi connectivity index (χ3n) is 2.19. The van der Waals surface area contributed by atoms with Crippen molar-refractivity contribution in [1.29, 1.82) is 0 Å². The average molecular weight is 351 g/mol. The lowest BCUT2D eigenvalue weighted by Crippen LogP contribution is -2.00. The Morgan fingerprint density at radius 2 is 2.05 bits per heavy atom. The average Bonchev–Trinajstić information content (AvgIpc) is 2.33. The molecule has 0 fully saturated rings. The van der Waals surface area contributed by atoms with Crippen LogP contribution in [0.15, 0.2) is 22.8 Å². The van der Waals surface area contributed by atoms with E-state index in [1.54, 1.807) is 0 Å². The van der Waals surface area contributed by atoms with Gasteiger partial charge in [-0.25, -0.2) is 14.4 Å². The summed E-state index contributed by atoms with van der Waals surface area (Å²) in [5.41, 5.74) is -1.55. The lowest BCUT2D eigenvalue weighted by molar-refractivity contribution is -0.387. The molecule has 0 N–H and O–H groups in total. The molecule has 1 aromatic carbocycles. The summed E-state index contributed by atoms with van der Waals surface area (Å²) in [5.74, 6) is -2.73. The standard InChI is InChI=1S/C10H3BrClF2N3O2/c11-4-3-15-10(16-9(4)12)7-5(13)1-2-6(8(7)14)17(18)19/h1-3H. The lowest BCUT2D eigenvalue weighted by atomic mass is 10.1. The monoisotopic (exact) mass is 349 g/mol. The molecular weight excluding hydrogens is 347 g/mol. The Bertz CT molecular complexity index is 684. The third kappa shape index (κ3) is 2.54. The van der Waals surface area contributed by atoms with Gasteiger partial charge < -0.3 is 0 Å². The molecule has 0 amide bonds. The quantitative estimate of drug-likeness (QED) is 0.470. The van der Waals surface area contributed by atoms with Gasteiger partial charge in [-0.15, -0.1) is 0 Å². The van der Waals surface area contributed by atoms with Crippen molar-refractivity contribution in [2.45, 2.75) is 0 Å². The minimum absolute atomic E-state index is 0.0599. The van der Waals surface area contributed by atoms with E-state index >= 15 is 0 Å². The maximum absolute atomic E-state index is 13.9. The molecule has 19 heavy (non-hydrogen) atoms. The lowest BCUT2D eigenvalue weighted by Gasteiger charge is -2.05. The maximum atomic E-state index is 13.9. The second-order valence-corrected chi connectivity index (χ2v) is 4.56. The van der Waals surface area contributed by atoms with Gasteiger partial charge in [0, 0.05) is 12.3 Å². The summed E-state index contributed by atoms with van der Waals surface area (Å²) in [6, 6.07) is 1.50. The van der Waals surface area contributed by atoms with Gasteiger partial charge in [-0.05, 0) is 22.0 Å². The third-order valence-corrected chi connectivity index (χ3v) is 3.29. The molecule has 2 aromatic rings.